The first kappa shape index (κ1) is 9.38. The highest BCUT2D eigenvalue weighted by Crippen LogP contribution is 2.12. The zero-order chi connectivity index (χ0) is 9.68. The van der Waals surface area contributed by atoms with E-state index in [0.717, 1.165) is 23.2 Å². The molecule has 1 heterocycles. The Kier molecular flexibility index (Phi) is 3.14. The molecule has 0 bridgehead atoms. The maximum atomic E-state index is 6.73. The highest BCUT2D eigenvalue weighted by molar-refractivity contribution is 6.14. The van der Waals surface area contributed by atoms with Crippen LogP contribution in [0.25, 0.3) is 0 Å². The lowest BCUT2D eigenvalue weighted by molar-refractivity contribution is 1.16. The molecule has 0 aliphatic rings. The Bertz CT molecular complexity index is 330. The van der Waals surface area contributed by atoms with Crippen molar-refractivity contribution in [3.05, 3.63) is 23.5 Å². The number of anilines is 1. The molecule has 4 heteroatoms. The van der Waals surface area contributed by atoms with Crippen LogP contribution in [0.5, 0.6) is 0 Å². The van der Waals surface area contributed by atoms with E-state index < -0.39 is 0 Å². The monoisotopic (exact) mass is 176 g/mol. The summed E-state index contributed by atoms with van der Waals surface area (Å²) >= 11 is 0. The van der Waals surface area contributed by atoms with E-state index in [9.17, 15) is 0 Å². The van der Waals surface area contributed by atoms with Crippen LogP contribution >= 0.6 is 0 Å². The Labute approximate surface area is 77.2 Å². The van der Waals surface area contributed by atoms with Crippen molar-refractivity contribution in [3.63, 3.8) is 0 Å². The molecule has 2 N–H and O–H groups in total. The Balaban J connectivity index is 2.77. The first-order valence-electron chi connectivity index (χ1n) is 3.95. The fraction of sp³-hybridized carbons (Fsp3) is 0.222. The molecule has 0 aliphatic heterocycles. The Hall–Kier alpha value is -1.71. The molecule has 0 saturated carbocycles. The number of pyridine rings is 1. The summed E-state index contributed by atoms with van der Waals surface area (Å²) in [5.74, 6) is 0. The largest absolute Gasteiger partial charge is 0.307 e. The van der Waals surface area contributed by atoms with Crippen LogP contribution in [0.4, 0.5) is 5.69 Å². The fourth-order valence-corrected chi connectivity index (χ4v) is 0.958. The van der Waals surface area contributed by atoms with Gasteiger partial charge < -0.3 is 5.41 Å². The second kappa shape index (κ2) is 4.35. The van der Waals surface area contributed by atoms with E-state index in [1.54, 1.807) is 6.20 Å². The molecule has 0 aliphatic carbocycles. The lowest BCUT2D eigenvalue weighted by Gasteiger charge is -2.03. The van der Waals surface area contributed by atoms with Gasteiger partial charge in [0, 0.05) is 11.9 Å². The highest BCUT2D eigenvalue weighted by atomic mass is 15.3. The van der Waals surface area contributed by atoms with E-state index in [2.05, 4.69) is 15.5 Å². The average molecular weight is 176 g/mol. The molecule has 0 unspecified atom stereocenters. The van der Waals surface area contributed by atoms with Gasteiger partial charge in [0.25, 0.3) is 0 Å². The smallest absolute Gasteiger partial charge is 0.0774 e. The minimum atomic E-state index is 0.865. The van der Waals surface area contributed by atoms with Crippen LogP contribution in [0.1, 0.15) is 11.3 Å². The van der Waals surface area contributed by atoms with E-state index in [4.69, 9.17) is 5.41 Å². The van der Waals surface area contributed by atoms with Crippen LogP contribution in [-0.4, -0.2) is 17.4 Å². The van der Waals surface area contributed by atoms with Gasteiger partial charge in [0.2, 0.25) is 0 Å². The quantitative estimate of drug-likeness (QED) is 0.544. The molecule has 1 aromatic heterocycles. The van der Waals surface area contributed by atoms with E-state index >= 15 is 0 Å². The zero-order valence-corrected chi connectivity index (χ0v) is 7.70. The minimum Gasteiger partial charge on any atom is -0.307 e. The molecule has 1 rings (SSSR count). The second-order valence-electron chi connectivity index (χ2n) is 2.70. The molecule has 0 spiro atoms. The van der Waals surface area contributed by atoms with Crippen LogP contribution in [-0.2, 0) is 0 Å². The van der Waals surface area contributed by atoms with Gasteiger partial charge in [0.05, 0.1) is 18.1 Å². The Morgan fingerprint density at radius 2 is 2.31 bits per heavy atom. The van der Waals surface area contributed by atoms with Gasteiger partial charge in [-0.1, -0.05) is 0 Å². The van der Waals surface area contributed by atoms with Gasteiger partial charge in [0.1, 0.15) is 0 Å². The van der Waals surface area contributed by atoms with E-state index in [0.29, 0.717) is 0 Å². The molecule has 0 atom stereocenters. The van der Waals surface area contributed by atoms with Crippen LogP contribution in [0.2, 0.25) is 0 Å². The normalized spacial score (nSPS) is 10.3. The predicted octanol–water partition coefficient (Wildman–Crippen LogP) is 1.75. The van der Waals surface area contributed by atoms with Crippen molar-refractivity contribution in [1.29, 1.82) is 5.41 Å². The number of hydrogen-bond acceptors (Lipinski definition) is 4. The molecule has 0 amide bonds. The highest BCUT2D eigenvalue weighted by Gasteiger charge is 1.96. The zero-order valence-electron chi connectivity index (χ0n) is 7.70. The Morgan fingerprint density at radius 1 is 1.54 bits per heavy atom. The van der Waals surface area contributed by atoms with Gasteiger partial charge in [0.15, 0.2) is 0 Å². The molecular formula is C9H12N4. The summed E-state index contributed by atoms with van der Waals surface area (Å²) in [6, 6.07) is 1.97. The molecule has 4 nitrogen and oxygen atoms in total. The van der Waals surface area contributed by atoms with Crippen LogP contribution in [0.3, 0.4) is 0 Å². The van der Waals surface area contributed by atoms with Gasteiger partial charge >= 0.3 is 0 Å². The van der Waals surface area contributed by atoms with Gasteiger partial charge in [-0.2, -0.15) is 5.10 Å². The minimum absolute atomic E-state index is 0.865. The fourth-order valence-electron chi connectivity index (χ4n) is 0.958. The molecule has 13 heavy (non-hydrogen) atoms. The van der Waals surface area contributed by atoms with Gasteiger partial charge in [-0.3, -0.25) is 10.4 Å². The second-order valence-corrected chi connectivity index (χ2v) is 2.70. The number of nitrogens with one attached hydrogen (secondary N) is 2. The summed E-state index contributed by atoms with van der Waals surface area (Å²) in [6.07, 6.45) is 4.22. The van der Waals surface area contributed by atoms with Crippen LogP contribution in [0.15, 0.2) is 17.4 Å². The number of hydrazone groups is 1. The molecule has 0 radical (unpaired) electrons. The molecular weight excluding hydrogens is 164 g/mol. The predicted molar refractivity (Wildman–Crippen MR) is 54.6 cm³/mol. The summed E-state index contributed by atoms with van der Waals surface area (Å²) in [6.45, 7) is 3.93. The lowest BCUT2D eigenvalue weighted by Crippen LogP contribution is -1.94. The van der Waals surface area contributed by atoms with Gasteiger partial charge in [-0.15, -0.1) is 0 Å². The molecule has 0 saturated heterocycles. The first-order valence-corrected chi connectivity index (χ1v) is 3.95. The van der Waals surface area contributed by atoms with Gasteiger partial charge in [-0.05, 0) is 25.5 Å². The first-order chi connectivity index (χ1) is 6.24. The van der Waals surface area contributed by atoms with Crippen molar-refractivity contribution in [1.82, 2.24) is 4.98 Å². The molecule has 0 aromatic carbocycles. The third-order valence-electron chi connectivity index (χ3n) is 1.58. The summed E-state index contributed by atoms with van der Waals surface area (Å²) < 4.78 is 0. The number of aromatic nitrogens is 1. The van der Waals surface area contributed by atoms with Crippen molar-refractivity contribution in [3.8, 4) is 0 Å². The number of hydrogen-bond donors (Lipinski definition) is 2. The summed E-state index contributed by atoms with van der Waals surface area (Å²) in [5, 5.41) is 10.5. The third kappa shape index (κ3) is 2.66. The molecule has 1 aromatic rings. The SMILES string of the molecule is Cc1cc(C)c(N/N=C\C=N)cn1. The summed E-state index contributed by atoms with van der Waals surface area (Å²) in [7, 11) is 0. The Morgan fingerprint density at radius 3 is 2.92 bits per heavy atom. The molecule has 0 fully saturated rings. The van der Waals surface area contributed by atoms with Crippen molar-refractivity contribution in [2.75, 3.05) is 5.43 Å². The average Bonchev–Trinajstić information content (AvgIpc) is 2.09. The van der Waals surface area contributed by atoms with Crippen molar-refractivity contribution in [2.45, 2.75) is 13.8 Å². The van der Waals surface area contributed by atoms with Crippen molar-refractivity contribution < 1.29 is 0 Å². The summed E-state index contributed by atoms with van der Waals surface area (Å²) in [5.41, 5.74) is 5.74. The van der Waals surface area contributed by atoms with E-state index in [1.165, 1.54) is 6.21 Å². The number of aryl methyl sites for hydroxylation is 2. The van der Waals surface area contributed by atoms with Crippen molar-refractivity contribution in [2.24, 2.45) is 5.10 Å². The third-order valence-corrected chi connectivity index (χ3v) is 1.58. The van der Waals surface area contributed by atoms with Crippen LogP contribution in [0, 0.1) is 19.3 Å². The molecule has 68 valence electrons. The maximum Gasteiger partial charge on any atom is 0.0774 e. The lowest BCUT2D eigenvalue weighted by atomic mass is 10.2. The summed E-state index contributed by atoms with van der Waals surface area (Å²) in [4.78, 5) is 4.13. The number of nitrogens with zero attached hydrogens (tertiary/aromatic N) is 2. The van der Waals surface area contributed by atoms with E-state index in [-0.39, 0.29) is 0 Å². The van der Waals surface area contributed by atoms with Crippen LogP contribution < -0.4 is 5.43 Å². The maximum absolute atomic E-state index is 6.73. The topological polar surface area (TPSA) is 61.1 Å². The standard InChI is InChI=1S/C9H12N4/c1-7-5-8(2)11-6-9(7)13-12-4-3-10/h3-6,10,13H,1-2H3/b10-3?,12-4-. The van der Waals surface area contributed by atoms with Crippen molar-refractivity contribution >= 4 is 18.1 Å². The van der Waals surface area contributed by atoms with E-state index in [1.807, 2.05) is 19.9 Å². The number of rotatable bonds is 3. The van der Waals surface area contributed by atoms with Gasteiger partial charge in [-0.25, -0.2) is 0 Å².